The molecule has 1 amide bonds. The molecule has 5 heteroatoms. The fraction of sp³-hybridized carbons (Fsp3) is 0.529. The van der Waals surface area contributed by atoms with E-state index in [1.165, 1.54) is 11.1 Å². The summed E-state index contributed by atoms with van der Waals surface area (Å²) in [6.07, 6.45) is 2.85. The van der Waals surface area contributed by atoms with Crippen LogP contribution in [0.1, 0.15) is 36.8 Å². The molecule has 1 saturated heterocycles. The first-order valence-corrected chi connectivity index (χ1v) is 7.94. The van der Waals surface area contributed by atoms with Gasteiger partial charge >= 0.3 is 5.97 Å². The van der Waals surface area contributed by atoms with Crippen LogP contribution in [0.4, 0.5) is 0 Å². The van der Waals surface area contributed by atoms with E-state index in [9.17, 15) is 9.59 Å². The van der Waals surface area contributed by atoms with E-state index in [-0.39, 0.29) is 18.4 Å². The minimum Gasteiger partial charge on any atom is -0.481 e. The molecule has 1 N–H and O–H groups in total. The number of nitrogens with zero attached hydrogens (tertiary/aromatic N) is 2. The van der Waals surface area contributed by atoms with Gasteiger partial charge in [0.25, 0.3) is 0 Å². The Balaban J connectivity index is 1.60. The van der Waals surface area contributed by atoms with E-state index >= 15 is 0 Å². The van der Waals surface area contributed by atoms with E-state index in [1.807, 2.05) is 12.1 Å². The molecule has 2 aliphatic rings. The summed E-state index contributed by atoms with van der Waals surface area (Å²) in [6, 6.07) is 8.13. The quantitative estimate of drug-likeness (QED) is 0.922. The van der Waals surface area contributed by atoms with Gasteiger partial charge in [-0.2, -0.15) is 0 Å². The van der Waals surface area contributed by atoms with E-state index in [0.29, 0.717) is 13.1 Å². The summed E-state index contributed by atoms with van der Waals surface area (Å²) < 4.78 is 0. The molecular weight excluding hydrogens is 280 g/mol. The zero-order valence-corrected chi connectivity index (χ0v) is 12.7. The Morgan fingerprint density at radius 3 is 2.45 bits per heavy atom. The Kier molecular flexibility index (Phi) is 4.43. The first kappa shape index (κ1) is 15.0. The number of carbonyl (C=O) groups is 2. The van der Waals surface area contributed by atoms with Crippen LogP contribution in [0.2, 0.25) is 0 Å². The van der Waals surface area contributed by atoms with Gasteiger partial charge in [0.2, 0.25) is 5.91 Å². The molecule has 0 saturated carbocycles. The predicted octanol–water partition coefficient (Wildman–Crippen LogP) is 1.86. The highest BCUT2D eigenvalue weighted by molar-refractivity contribution is 5.79. The van der Waals surface area contributed by atoms with Crippen molar-refractivity contribution in [2.75, 3.05) is 13.1 Å². The average Bonchev–Trinajstić information content (AvgIpc) is 2.89. The van der Waals surface area contributed by atoms with Crippen molar-refractivity contribution in [1.29, 1.82) is 0 Å². The molecule has 22 heavy (non-hydrogen) atoms. The first-order valence-electron chi connectivity index (χ1n) is 7.94. The summed E-state index contributed by atoms with van der Waals surface area (Å²) in [5, 5.41) is 9.02. The normalized spacial score (nSPS) is 21.6. The third-order valence-corrected chi connectivity index (χ3v) is 4.62. The molecule has 0 aromatic heterocycles. The lowest BCUT2D eigenvalue weighted by Crippen LogP contribution is -2.48. The van der Waals surface area contributed by atoms with Crippen LogP contribution < -0.4 is 0 Å². The molecule has 0 bridgehead atoms. The molecule has 3 rings (SSSR count). The Labute approximate surface area is 130 Å². The number of carboxylic acid groups (broad SMARTS) is 1. The van der Waals surface area contributed by atoms with Gasteiger partial charge in [-0.3, -0.25) is 14.5 Å². The number of rotatable bonds is 4. The Bertz CT molecular complexity index is 548. The van der Waals surface area contributed by atoms with Gasteiger partial charge in [-0.15, -0.1) is 0 Å². The largest absolute Gasteiger partial charge is 0.481 e. The van der Waals surface area contributed by atoms with Crippen molar-refractivity contribution in [1.82, 2.24) is 9.80 Å². The fourth-order valence-corrected chi connectivity index (χ4v) is 3.54. The number of piperidine rings is 1. The SMILES string of the molecule is O=C(O)C[C@@H]1CCCCN1C(=O)CN1Cc2ccccc2C1. The van der Waals surface area contributed by atoms with E-state index in [1.54, 1.807) is 4.90 Å². The summed E-state index contributed by atoms with van der Waals surface area (Å²) in [5.74, 6) is -0.753. The van der Waals surface area contributed by atoms with Gasteiger partial charge in [0, 0.05) is 25.7 Å². The average molecular weight is 302 g/mol. The molecule has 118 valence electrons. The van der Waals surface area contributed by atoms with E-state index in [4.69, 9.17) is 5.11 Å². The van der Waals surface area contributed by atoms with Gasteiger partial charge in [-0.25, -0.2) is 0 Å². The Morgan fingerprint density at radius 1 is 1.14 bits per heavy atom. The van der Waals surface area contributed by atoms with Crippen molar-refractivity contribution in [3.05, 3.63) is 35.4 Å². The maximum Gasteiger partial charge on any atom is 0.305 e. The molecule has 1 atom stereocenters. The van der Waals surface area contributed by atoms with Crippen molar-refractivity contribution in [2.24, 2.45) is 0 Å². The molecular formula is C17H22N2O3. The highest BCUT2D eigenvalue weighted by Crippen LogP contribution is 2.24. The lowest BCUT2D eigenvalue weighted by atomic mass is 9.99. The Morgan fingerprint density at radius 2 is 1.82 bits per heavy atom. The molecule has 2 heterocycles. The zero-order valence-electron chi connectivity index (χ0n) is 12.7. The number of aliphatic carboxylic acids is 1. The van der Waals surface area contributed by atoms with Gasteiger partial charge < -0.3 is 10.0 Å². The summed E-state index contributed by atoms with van der Waals surface area (Å²) in [4.78, 5) is 27.5. The van der Waals surface area contributed by atoms with Crippen LogP contribution in [0, 0.1) is 0 Å². The molecule has 2 aliphatic heterocycles. The highest BCUT2D eigenvalue weighted by atomic mass is 16.4. The van der Waals surface area contributed by atoms with Crippen molar-refractivity contribution in [2.45, 2.75) is 44.8 Å². The molecule has 1 aromatic carbocycles. The van der Waals surface area contributed by atoms with Gasteiger partial charge in [-0.05, 0) is 30.4 Å². The third-order valence-electron chi connectivity index (χ3n) is 4.62. The molecule has 0 unspecified atom stereocenters. The van der Waals surface area contributed by atoms with Crippen LogP contribution in [-0.4, -0.2) is 45.9 Å². The van der Waals surface area contributed by atoms with Gasteiger partial charge in [0.15, 0.2) is 0 Å². The summed E-state index contributed by atoms with van der Waals surface area (Å²) in [5.41, 5.74) is 2.58. The lowest BCUT2D eigenvalue weighted by Gasteiger charge is -2.36. The van der Waals surface area contributed by atoms with Crippen LogP contribution in [0.15, 0.2) is 24.3 Å². The molecule has 0 spiro atoms. The summed E-state index contributed by atoms with van der Waals surface area (Å²) in [6.45, 7) is 2.68. The number of benzene rings is 1. The highest BCUT2D eigenvalue weighted by Gasteiger charge is 2.30. The third kappa shape index (κ3) is 3.30. The monoisotopic (exact) mass is 302 g/mol. The van der Waals surface area contributed by atoms with Crippen molar-refractivity contribution >= 4 is 11.9 Å². The van der Waals surface area contributed by atoms with Gasteiger partial charge in [0.05, 0.1) is 13.0 Å². The zero-order chi connectivity index (χ0) is 15.5. The number of hydrogen-bond acceptors (Lipinski definition) is 3. The predicted molar refractivity (Wildman–Crippen MR) is 82.2 cm³/mol. The minimum absolute atomic E-state index is 0.0615. The standard InChI is InChI=1S/C17H22N2O3/c20-16(19-8-4-3-7-15(19)9-17(21)22)12-18-10-13-5-1-2-6-14(13)11-18/h1-2,5-6,15H,3-4,7-12H2,(H,21,22)/t15-/m0/s1. The minimum atomic E-state index is -0.821. The molecule has 1 fully saturated rings. The van der Waals surface area contributed by atoms with Crippen LogP contribution in [0.25, 0.3) is 0 Å². The van der Waals surface area contributed by atoms with Crippen LogP contribution in [0.3, 0.4) is 0 Å². The molecule has 0 radical (unpaired) electrons. The van der Waals surface area contributed by atoms with E-state index in [2.05, 4.69) is 17.0 Å². The number of likely N-dealkylation sites (tertiary alicyclic amines) is 1. The Hall–Kier alpha value is -1.88. The number of amides is 1. The second-order valence-corrected chi connectivity index (χ2v) is 6.25. The summed E-state index contributed by atoms with van der Waals surface area (Å²) in [7, 11) is 0. The second kappa shape index (κ2) is 6.48. The summed E-state index contributed by atoms with van der Waals surface area (Å²) >= 11 is 0. The topological polar surface area (TPSA) is 60.9 Å². The van der Waals surface area contributed by atoms with E-state index in [0.717, 1.165) is 32.4 Å². The molecule has 1 aromatic rings. The van der Waals surface area contributed by atoms with Crippen LogP contribution in [0.5, 0.6) is 0 Å². The van der Waals surface area contributed by atoms with E-state index < -0.39 is 5.97 Å². The second-order valence-electron chi connectivity index (χ2n) is 6.25. The van der Waals surface area contributed by atoms with Crippen molar-refractivity contribution in [3.63, 3.8) is 0 Å². The number of hydrogen-bond donors (Lipinski definition) is 1. The fourth-order valence-electron chi connectivity index (χ4n) is 3.54. The number of carbonyl (C=O) groups excluding carboxylic acids is 1. The first-order chi connectivity index (χ1) is 10.6. The number of carboxylic acids is 1. The number of fused-ring (bicyclic) bond motifs is 1. The van der Waals surface area contributed by atoms with Crippen molar-refractivity contribution < 1.29 is 14.7 Å². The molecule has 5 nitrogen and oxygen atoms in total. The maximum absolute atomic E-state index is 12.6. The van der Waals surface area contributed by atoms with Crippen LogP contribution >= 0.6 is 0 Å². The maximum atomic E-state index is 12.6. The van der Waals surface area contributed by atoms with Gasteiger partial charge in [-0.1, -0.05) is 24.3 Å². The smallest absolute Gasteiger partial charge is 0.305 e. The van der Waals surface area contributed by atoms with Crippen molar-refractivity contribution in [3.8, 4) is 0 Å². The van der Waals surface area contributed by atoms with Gasteiger partial charge in [0.1, 0.15) is 0 Å². The lowest BCUT2D eigenvalue weighted by molar-refractivity contribution is -0.142. The van der Waals surface area contributed by atoms with Crippen LogP contribution in [-0.2, 0) is 22.7 Å². The molecule has 0 aliphatic carbocycles.